The Morgan fingerprint density at radius 3 is 2.96 bits per heavy atom. The number of hydrogen-bond donors (Lipinski definition) is 1. The first-order valence-electron chi connectivity index (χ1n) is 7.11. The fraction of sp³-hybridized carbons (Fsp3) is 0.200. The summed E-state index contributed by atoms with van der Waals surface area (Å²) in [6.07, 6.45) is 3.74. The zero-order chi connectivity index (χ0) is 16.4. The minimum atomic E-state index is -0.382. The highest BCUT2D eigenvalue weighted by Gasteiger charge is 2.12. The topological polar surface area (TPSA) is 81.8 Å². The van der Waals surface area contributed by atoms with Crippen LogP contribution in [0.4, 0.5) is 0 Å². The van der Waals surface area contributed by atoms with E-state index in [2.05, 4.69) is 15.5 Å². The molecule has 1 aromatic carbocycles. The van der Waals surface area contributed by atoms with Gasteiger partial charge in [-0.2, -0.15) is 5.10 Å². The van der Waals surface area contributed by atoms with Crippen LogP contribution in [0.25, 0.3) is 16.7 Å². The van der Waals surface area contributed by atoms with E-state index in [9.17, 15) is 9.59 Å². The molecule has 0 unspecified atom stereocenters. The molecule has 0 saturated carbocycles. The number of carbonyl (C=O) groups excluding carboxylic acids is 1. The van der Waals surface area contributed by atoms with Crippen molar-refractivity contribution in [2.45, 2.75) is 19.8 Å². The second kappa shape index (κ2) is 6.21. The first kappa shape index (κ1) is 15.2. The van der Waals surface area contributed by atoms with Crippen LogP contribution >= 0.6 is 11.6 Å². The number of amides is 1. The molecule has 2 aromatic heterocycles. The van der Waals surface area contributed by atoms with E-state index in [0.717, 1.165) is 4.68 Å². The van der Waals surface area contributed by atoms with Crippen molar-refractivity contribution < 1.29 is 4.79 Å². The van der Waals surface area contributed by atoms with Crippen molar-refractivity contribution in [2.24, 2.45) is 0 Å². The summed E-state index contributed by atoms with van der Waals surface area (Å²) in [7, 11) is 0. The first-order chi connectivity index (χ1) is 11.1. The molecule has 7 nitrogen and oxygen atoms in total. The van der Waals surface area contributed by atoms with Gasteiger partial charge in [0.05, 0.1) is 11.9 Å². The van der Waals surface area contributed by atoms with Crippen molar-refractivity contribution >= 4 is 28.5 Å². The molecule has 0 aliphatic rings. The molecule has 3 rings (SSSR count). The van der Waals surface area contributed by atoms with Crippen LogP contribution in [0, 0.1) is 0 Å². The number of carbonyl (C=O) groups is 1. The van der Waals surface area contributed by atoms with Crippen LogP contribution in [0.1, 0.15) is 19.8 Å². The monoisotopic (exact) mass is 331 g/mol. The molecule has 0 atom stereocenters. The van der Waals surface area contributed by atoms with Gasteiger partial charge >= 0.3 is 0 Å². The quantitative estimate of drug-likeness (QED) is 0.793. The fourth-order valence-electron chi connectivity index (χ4n) is 2.21. The van der Waals surface area contributed by atoms with Crippen molar-refractivity contribution in [2.75, 3.05) is 5.43 Å². The van der Waals surface area contributed by atoms with E-state index in [1.807, 2.05) is 13.0 Å². The normalized spacial score (nSPS) is 10.9. The van der Waals surface area contributed by atoms with Gasteiger partial charge in [-0.05, 0) is 24.6 Å². The maximum Gasteiger partial charge on any atom is 0.283 e. The second-order valence-electron chi connectivity index (χ2n) is 4.98. The van der Waals surface area contributed by atoms with Crippen molar-refractivity contribution in [3.05, 3.63) is 52.2 Å². The van der Waals surface area contributed by atoms with Gasteiger partial charge in [0.2, 0.25) is 5.91 Å². The van der Waals surface area contributed by atoms with Crippen LogP contribution in [-0.4, -0.2) is 25.3 Å². The average molecular weight is 332 g/mol. The average Bonchev–Trinajstić information content (AvgIpc) is 2.95. The lowest BCUT2D eigenvalue weighted by molar-refractivity contribution is -0.117. The van der Waals surface area contributed by atoms with Gasteiger partial charge in [-0.1, -0.05) is 24.6 Å². The standard InChI is InChI=1S/C15H14ClN5O2/c1-2-4-13(22)19-20-9-17-14-12(15(20)23)8-18-21(14)11-6-3-5-10(16)7-11/h3,5-9H,2,4H2,1H3,(H,19,22). The largest absolute Gasteiger partial charge is 0.283 e. The third-order valence-corrected chi connectivity index (χ3v) is 3.50. The summed E-state index contributed by atoms with van der Waals surface area (Å²) in [6.45, 7) is 1.89. The zero-order valence-electron chi connectivity index (χ0n) is 12.4. The van der Waals surface area contributed by atoms with Gasteiger partial charge in [0.25, 0.3) is 5.56 Å². The molecule has 23 heavy (non-hydrogen) atoms. The van der Waals surface area contributed by atoms with Crippen LogP contribution in [-0.2, 0) is 4.79 Å². The predicted octanol–water partition coefficient (Wildman–Crippen LogP) is 2.11. The number of aromatic nitrogens is 4. The molecule has 2 heterocycles. The summed E-state index contributed by atoms with van der Waals surface area (Å²) in [6, 6.07) is 7.08. The number of rotatable bonds is 4. The molecule has 1 N–H and O–H groups in total. The third-order valence-electron chi connectivity index (χ3n) is 3.26. The van der Waals surface area contributed by atoms with Crippen molar-refractivity contribution in [1.29, 1.82) is 0 Å². The third kappa shape index (κ3) is 2.95. The Morgan fingerprint density at radius 2 is 2.22 bits per heavy atom. The first-order valence-corrected chi connectivity index (χ1v) is 7.49. The molecule has 1 amide bonds. The summed E-state index contributed by atoms with van der Waals surface area (Å²) in [5.74, 6) is -0.238. The van der Waals surface area contributed by atoms with Gasteiger partial charge in [-0.15, -0.1) is 0 Å². The Balaban J connectivity index is 2.04. The minimum absolute atomic E-state index is 0.238. The van der Waals surface area contributed by atoms with E-state index < -0.39 is 0 Å². The summed E-state index contributed by atoms with van der Waals surface area (Å²) in [5.41, 5.74) is 3.23. The van der Waals surface area contributed by atoms with E-state index in [4.69, 9.17) is 11.6 Å². The molecular formula is C15H14ClN5O2. The molecule has 8 heteroatoms. The number of hydrogen-bond acceptors (Lipinski definition) is 4. The Labute approximate surface area is 136 Å². The number of nitrogens with zero attached hydrogens (tertiary/aromatic N) is 4. The molecule has 0 aliphatic heterocycles. The lowest BCUT2D eigenvalue weighted by atomic mass is 10.3. The van der Waals surface area contributed by atoms with E-state index in [-0.39, 0.29) is 11.5 Å². The molecule has 3 aromatic rings. The van der Waals surface area contributed by atoms with Gasteiger partial charge in [0.1, 0.15) is 11.7 Å². The molecule has 0 spiro atoms. The lowest BCUT2D eigenvalue weighted by Crippen LogP contribution is -2.33. The molecule has 0 radical (unpaired) electrons. The predicted molar refractivity (Wildman–Crippen MR) is 87.4 cm³/mol. The van der Waals surface area contributed by atoms with E-state index in [1.54, 1.807) is 18.2 Å². The highest BCUT2D eigenvalue weighted by Crippen LogP contribution is 2.17. The summed E-state index contributed by atoms with van der Waals surface area (Å²) >= 11 is 5.98. The summed E-state index contributed by atoms with van der Waals surface area (Å²) < 4.78 is 2.60. The fourth-order valence-corrected chi connectivity index (χ4v) is 2.39. The van der Waals surface area contributed by atoms with Crippen molar-refractivity contribution in [1.82, 2.24) is 19.4 Å². The van der Waals surface area contributed by atoms with Gasteiger partial charge in [-0.3, -0.25) is 15.0 Å². The van der Waals surface area contributed by atoms with Crippen molar-refractivity contribution in [3.8, 4) is 5.69 Å². The van der Waals surface area contributed by atoms with E-state index in [0.29, 0.717) is 34.6 Å². The van der Waals surface area contributed by atoms with E-state index >= 15 is 0 Å². The molecular weight excluding hydrogens is 318 g/mol. The molecule has 118 valence electrons. The van der Waals surface area contributed by atoms with Crippen LogP contribution < -0.4 is 11.0 Å². The smallest absolute Gasteiger partial charge is 0.273 e. The zero-order valence-corrected chi connectivity index (χ0v) is 13.1. The maximum atomic E-state index is 12.4. The Kier molecular flexibility index (Phi) is 4.12. The Bertz CT molecular complexity index is 931. The highest BCUT2D eigenvalue weighted by atomic mass is 35.5. The Morgan fingerprint density at radius 1 is 1.39 bits per heavy atom. The van der Waals surface area contributed by atoms with Crippen LogP contribution in [0.2, 0.25) is 5.02 Å². The number of nitrogens with one attached hydrogen (secondary N) is 1. The SMILES string of the molecule is CCCC(=O)Nn1cnc2c(cnn2-c2cccc(Cl)c2)c1=O. The summed E-state index contributed by atoms with van der Waals surface area (Å²) in [4.78, 5) is 28.3. The van der Waals surface area contributed by atoms with Crippen molar-refractivity contribution in [3.63, 3.8) is 0 Å². The molecule has 0 aliphatic carbocycles. The molecule has 0 fully saturated rings. The minimum Gasteiger partial charge on any atom is -0.273 e. The maximum absolute atomic E-state index is 12.4. The van der Waals surface area contributed by atoms with Gasteiger partial charge in [0, 0.05) is 11.4 Å². The van der Waals surface area contributed by atoms with Gasteiger partial charge < -0.3 is 0 Å². The number of benzene rings is 1. The molecule has 0 saturated heterocycles. The van der Waals surface area contributed by atoms with Gasteiger partial charge in [-0.25, -0.2) is 14.3 Å². The highest BCUT2D eigenvalue weighted by molar-refractivity contribution is 6.30. The van der Waals surface area contributed by atoms with E-state index in [1.165, 1.54) is 17.2 Å². The van der Waals surface area contributed by atoms with Crippen LogP contribution in [0.3, 0.4) is 0 Å². The van der Waals surface area contributed by atoms with Crippen LogP contribution in [0.5, 0.6) is 0 Å². The second-order valence-corrected chi connectivity index (χ2v) is 5.41. The van der Waals surface area contributed by atoms with Crippen LogP contribution in [0.15, 0.2) is 41.6 Å². The summed E-state index contributed by atoms with van der Waals surface area (Å²) in [5, 5.41) is 5.06. The lowest BCUT2D eigenvalue weighted by Gasteiger charge is -2.07. The van der Waals surface area contributed by atoms with Gasteiger partial charge in [0.15, 0.2) is 5.65 Å². The molecule has 0 bridgehead atoms. The number of fused-ring (bicyclic) bond motifs is 1. The Hall–Kier alpha value is -2.67. The number of halogens is 1.